The first kappa shape index (κ1) is 19.6. The number of amides is 1. The van der Waals surface area contributed by atoms with Gasteiger partial charge in [-0.2, -0.15) is 5.10 Å². The molecule has 0 saturated carbocycles. The molecular formula is C22H29N5O2. The van der Waals surface area contributed by atoms with E-state index in [9.17, 15) is 4.79 Å². The van der Waals surface area contributed by atoms with Crippen LogP contribution < -0.4 is 0 Å². The molecule has 1 aliphatic heterocycles. The van der Waals surface area contributed by atoms with Gasteiger partial charge in [0.1, 0.15) is 18.3 Å². The molecule has 0 fully saturated rings. The van der Waals surface area contributed by atoms with E-state index in [1.54, 1.807) is 0 Å². The van der Waals surface area contributed by atoms with Crippen LogP contribution in [0.4, 0.5) is 0 Å². The van der Waals surface area contributed by atoms with E-state index in [-0.39, 0.29) is 17.7 Å². The molecular weight excluding hydrogens is 366 g/mol. The topological polar surface area (TPSA) is 63.0 Å². The molecule has 4 rings (SSSR count). The molecule has 1 amide bonds. The van der Waals surface area contributed by atoms with Crippen molar-refractivity contribution < 1.29 is 9.53 Å². The van der Waals surface area contributed by atoms with Crippen molar-refractivity contribution in [1.29, 1.82) is 0 Å². The van der Waals surface area contributed by atoms with Crippen molar-refractivity contribution in [2.24, 2.45) is 11.8 Å². The summed E-state index contributed by atoms with van der Waals surface area (Å²) in [7, 11) is 4.02. The van der Waals surface area contributed by atoms with Crippen LogP contribution in [0.2, 0.25) is 0 Å². The number of fused-ring (bicyclic) bond motifs is 3. The van der Waals surface area contributed by atoms with Crippen molar-refractivity contribution in [3.8, 4) is 0 Å². The summed E-state index contributed by atoms with van der Waals surface area (Å²) < 4.78 is 7.91. The van der Waals surface area contributed by atoms with E-state index in [2.05, 4.69) is 22.9 Å². The van der Waals surface area contributed by atoms with E-state index in [0.717, 1.165) is 40.5 Å². The highest BCUT2D eigenvalue weighted by molar-refractivity contribution is 5.83. The summed E-state index contributed by atoms with van der Waals surface area (Å²) in [6, 6.07) is 0. The van der Waals surface area contributed by atoms with E-state index in [4.69, 9.17) is 9.84 Å². The lowest BCUT2D eigenvalue weighted by molar-refractivity contribution is -0.137. The number of aryl methyl sites for hydroxylation is 2. The number of rotatable bonds is 5. The van der Waals surface area contributed by atoms with Crippen LogP contribution >= 0.6 is 0 Å². The minimum absolute atomic E-state index is 0.0953. The van der Waals surface area contributed by atoms with Gasteiger partial charge in [-0.1, -0.05) is 19.1 Å². The lowest BCUT2D eigenvalue weighted by Gasteiger charge is -2.30. The van der Waals surface area contributed by atoms with Gasteiger partial charge in [0.25, 0.3) is 0 Å². The average molecular weight is 396 g/mol. The zero-order chi connectivity index (χ0) is 20.7. The number of carbonyl (C=O) groups is 1. The third-order valence-corrected chi connectivity index (χ3v) is 5.89. The molecule has 0 saturated heterocycles. The van der Waals surface area contributed by atoms with Gasteiger partial charge >= 0.3 is 0 Å². The van der Waals surface area contributed by atoms with Crippen LogP contribution in [0, 0.1) is 25.7 Å². The Balaban J connectivity index is 1.53. The maximum Gasteiger partial charge on any atom is 0.234 e. The van der Waals surface area contributed by atoms with Crippen molar-refractivity contribution in [2.75, 3.05) is 27.2 Å². The highest BCUT2D eigenvalue weighted by Crippen LogP contribution is 2.33. The summed E-state index contributed by atoms with van der Waals surface area (Å²) in [6.07, 6.45) is 7.86. The van der Waals surface area contributed by atoms with Crippen molar-refractivity contribution >= 4 is 11.6 Å². The lowest BCUT2D eigenvalue weighted by Crippen LogP contribution is -2.37. The molecule has 0 bridgehead atoms. The number of aromatic nitrogens is 3. The number of ether oxygens (including phenoxy) is 1. The van der Waals surface area contributed by atoms with Crippen molar-refractivity contribution in [2.45, 2.75) is 33.9 Å². The lowest BCUT2D eigenvalue weighted by atomic mass is 9.87. The standard InChI is InChI=1S/C22H29N5O2/c1-14-7-6-8-19(29-10-9-25(4)5)20(14)22(28)26-12-17-18(13-26)24-27-16(3)15(2)11-23-21(17)27/h6-8,11,14,20H,9-10,12-13H2,1-5H3. The molecule has 0 radical (unpaired) electrons. The molecule has 0 aromatic carbocycles. The molecule has 0 N–H and O–H groups in total. The molecule has 29 heavy (non-hydrogen) atoms. The van der Waals surface area contributed by atoms with Gasteiger partial charge in [-0.05, 0) is 45.5 Å². The Morgan fingerprint density at radius 1 is 1.31 bits per heavy atom. The Labute approximate surface area is 171 Å². The van der Waals surface area contributed by atoms with Crippen LogP contribution in [0.5, 0.6) is 0 Å². The van der Waals surface area contributed by atoms with Crippen LogP contribution in [-0.2, 0) is 22.6 Å². The van der Waals surface area contributed by atoms with Gasteiger partial charge in [0.05, 0.1) is 18.8 Å². The highest BCUT2D eigenvalue weighted by Gasteiger charge is 2.38. The van der Waals surface area contributed by atoms with Gasteiger partial charge in [-0.15, -0.1) is 0 Å². The summed E-state index contributed by atoms with van der Waals surface area (Å²) in [5.74, 6) is 0.661. The molecule has 2 atom stereocenters. The van der Waals surface area contributed by atoms with E-state index in [1.807, 2.05) is 55.7 Å². The fraction of sp³-hybridized carbons (Fsp3) is 0.500. The smallest absolute Gasteiger partial charge is 0.234 e. The van der Waals surface area contributed by atoms with Gasteiger partial charge in [-0.25, -0.2) is 9.50 Å². The first-order valence-corrected chi connectivity index (χ1v) is 10.1. The Hall–Kier alpha value is -2.67. The van der Waals surface area contributed by atoms with Gasteiger partial charge < -0.3 is 14.5 Å². The van der Waals surface area contributed by atoms with Crippen molar-refractivity contribution in [1.82, 2.24) is 24.4 Å². The highest BCUT2D eigenvalue weighted by atomic mass is 16.5. The number of allylic oxidation sites excluding steroid dienone is 3. The maximum atomic E-state index is 13.4. The molecule has 2 aromatic heterocycles. The Morgan fingerprint density at radius 3 is 2.86 bits per heavy atom. The zero-order valence-electron chi connectivity index (χ0n) is 17.8. The Morgan fingerprint density at radius 2 is 2.10 bits per heavy atom. The number of hydrogen-bond acceptors (Lipinski definition) is 5. The first-order chi connectivity index (χ1) is 13.9. The van der Waals surface area contributed by atoms with E-state index in [0.29, 0.717) is 19.7 Å². The normalized spacial score (nSPS) is 21.0. The summed E-state index contributed by atoms with van der Waals surface area (Å²) >= 11 is 0. The second-order valence-electron chi connectivity index (χ2n) is 8.32. The quantitative estimate of drug-likeness (QED) is 0.778. The number of hydrogen-bond donors (Lipinski definition) is 0. The molecule has 7 nitrogen and oxygen atoms in total. The fourth-order valence-electron chi connectivity index (χ4n) is 3.97. The van der Waals surface area contributed by atoms with E-state index in [1.165, 1.54) is 0 Å². The predicted octanol–water partition coefficient (Wildman–Crippen LogP) is 2.47. The Kier molecular flexibility index (Phi) is 5.17. The van der Waals surface area contributed by atoms with Crippen molar-refractivity contribution in [3.05, 3.63) is 52.7 Å². The number of carbonyl (C=O) groups excluding carboxylic acids is 1. The SMILES string of the molecule is Cc1cnc2c3c(nn2c1C)CN(C(=O)C1C(OCCN(C)C)=CC=CC1C)C3. The average Bonchev–Trinajstić information content (AvgIpc) is 3.23. The van der Waals surface area contributed by atoms with Gasteiger partial charge in [0.15, 0.2) is 5.65 Å². The van der Waals surface area contributed by atoms with E-state index < -0.39 is 0 Å². The molecule has 7 heteroatoms. The molecule has 154 valence electrons. The summed E-state index contributed by atoms with van der Waals surface area (Å²) in [6.45, 7) is 8.60. The molecule has 2 aromatic rings. The van der Waals surface area contributed by atoms with E-state index >= 15 is 0 Å². The van der Waals surface area contributed by atoms with Gasteiger partial charge in [-0.3, -0.25) is 4.79 Å². The van der Waals surface area contributed by atoms with Crippen LogP contribution in [0.15, 0.2) is 30.2 Å². The molecule has 2 aliphatic rings. The number of nitrogens with zero attached hydrogens (tertiary/aromatic N) is 5. The summed E-state index contributed by atoms with van der Waals surface area (Å²) in [4.78, 5) is 22.0. The second kappa shape index (κ2) is 7.63. The van der Waals surface area contributed by atoms with Gasteiger partial charge in [0.2, 0.25) is 5.91 Å². The minimum atomic E-state index is -0.290. The number of likely N-dealkylation sites (N-methyl/N-ethyl adjacent to an activating group) is 1. The third-order valence-electron chi connectivity index (χ3n) is 5.89. The summed E-state index contributed by atoms with van der Waals surface area (Å²) in [5, 5.41) is 4.73. The molecule has 3 heterocycles. The first-order valence-electron chi connectivity index (χ1n) is 10.1. The van der Waals surface area contributed by atoms with Crippen molar-refractivity contribution in [3.63, 3.8) is 0 Å². The molecule has 2 unspecified atom stereocenters. The van der Waals surface area contributed by atoms with Crippen LogP contribution in [0.1, 0.15) is 29.4 Å². The third kappa shape index (κ3) is 3.55. The molecule has 0 spiro atoms. The monoisotopic (exact) mass is 395 g/mol. The van der Waals surface area contributed by atoms with Crippen LogP contribution in [-0.4, -0.2) is 57.6 Å². The summed E-state index contributed by atoms with van der Waals surface area (Å²) in [5.41, 5.74) is 5.05. The maximum absolute atomic E-state index is 13.4. The molecule has 1 aliphatic carbocycles. The van der Waals surface area contributed by atoms with Gasteiger partial charge in [0, 0.05) is 24.0 Å². The minimum Gasteiger partial charge on any atom is -0.496 e. The largest absolute Gasteiger partial charge is 0.496 e. The fourth-order valence-corrected chi connectivity index (χ4v) is 3.97. The predicted molar refractivity (Wildman–Crippen MR) is 111 cm³/mol. The zero-order valence-corrected chi connectivity index (χ0v) is 17.8. The second-order valence-corrected chi connectivity index (χ2v) is 8.32. The van der Waals surface area contributed by atoms with Crippen LogP contribution in [0.25, 0.3) is 5.65 Å². The van der Waals surface area contributed by atoms with Crippen LogP contribution in [0.3, 0.4) is 0 Å². The Bertz CT molecular complexity index is 1000.